The number of benzene rings is 3. The molecule has 8 nitrogen and oxygen atoms in total. The Bertz CT molecular complexity index is 1670. The first-order chi connectivity index (χ1) is 24.2. The van der Waals surface area contributed by atoms with Crippen molar-refractivity contribution < 1.29 is 54.9 Å². The van der Waals surface area contributed by atoms with E-state index in [0.29, 0.717) is 24.2 Å². The molecule has 272 valence electrons. The zero-order valence-electron chi connectivity index (χ0n) is 27.9. The average Bonchev–Trinajstić information content (AvgIpc) is 3.09. The van der Waals surface area contributed by atoms with E-state index in [1.807, 2.05) is 11.8 Å². The molecule has 0 aromatic heterocycles. The molecular weight excluding hydrogens is 682 g/mol. The van der Waals surface area contributed by atoms with Gasteiger partial charge < -0.3 is 23.8 Å². The van der Waals surface area contributed by atoms with Gasteiger partial charge >= 0.3 is 24.3 Å². The highest BCUT2D eigenvalue weighted by Crippen LogP contribution is 2.56. The lowest BCUT2D eigenvalue weighted by molar-refractivity contribution is -0.288. The zero-order valence-corrected chi connectivity index (χ0v) is 27.9. The van der Waals surface area contributed by atoms with E-state index in [-0.39, 0.29) is 44.4 Å². The summed E-state index contributed by atoms with van der Waals surface area (Å²) in [6.07, 6.45) is -9.02. The second-order valence-corrected chi connectivity index (χ2v) is 10.9. The third-order valence-electron chi connectivity index (χ3n) is 7.64. The Morgan fingerprint density at radius 2 is 1.37 bits per heavy atom. The second kappa shape index (κ2) is 18.1. The van der Waals surface area contributed by atoms with Crippen molar-refractivity contribution in [2.75, 3.05) is 51.0 Å². The van der Waals surface area contributed by atoms with Gasteiger partial charge in [-0.1, -0.05) is 60.7 Å². The highest BCUT2D eigenvalue weighted by Gasteiger charge is 2.72. The summed E-state index contributed by atoms with van der Waals surface area (Å²) in [5.41, 5.74) is -4.46. The molecule has 0 N–H and O–H groups in total. The Labute approximate surface area is 291 Å². The number of hydrogen-bond acceptors (Lipinski definition) is 8. The number of nitriles is 1. The molecule has 51 heavy (non-hydrogen) atoms. The third kappa shape index (κ3) is 10.4. The molecule has 0 bridgehead atoms. The van der Waals surface area contributed by atoms with Crippen LogP contribution < -0.4 is 9.64 Å². The van der Waals surface area contributed by atoms with E-state index in [0.717, 1.165) is 48.2 Å². The highest BCUT2D eigenvalue weighted by molar-refractivity contribution is 5.97. The third-order valence-corrected chi connectivity index (χ3v) is 7.64. The Hall–Kier alpha value is -5.29. The predicted molar refractivity (Wildman–Crippen MR) is 177 cm³/mol. The minimum Gasteiger partial charge on any atom is -0.491 e. The van der Waals surface area contributed by atoms with E-state index >= 15 is 0 Å². The van der Waals surface area contributed by atoms with Gasteiger partial charge in [-0.3, -0.25) is 0 Å². The van der Waals surface area contributed by atoms with Crippen LogP contribution in [0.15, 0.2) is 91.0 Å². The number of likely N-dealkylation sites (N-methyl/N-ethyl adjacent to an activating group) is 1. The van der Waals surface area contributed by atoms with Crippen LogP contribution in [0.25, 0.3) is 6.08 Å². The van der Waals surface area contributed by atoms with Gasteiger partial charge in [-0.2, -0.15) is 31.6 Å². The van der Waals surface area contributed by atoms with Gasteiger partial charge in [-0.25, -0.2) is 9.59 Å². The molecular formula is C37H36F6N2O6. The number of aryl methyl sites for hydroxylation is 1. The van der Waals surface area contributed by atoms with E-state index in [1.54, 1.807) is 37.3 Å². The quantitative estimate of drug-likeness (QED) is 0.0466. The van der Waals surface area contributed by atoms with Crippen LogP contribution in [0, 0.1) is 18.3 Å². The van der Waals surface area contributed by atoms with Crippen LogP contribution in [0.5, 0.6) is 5.75 Å². The van der Waals surface area contributed by atoms with Crippen molar-refractivity contribution in [3.63, 3.8) is 0 Å². The fraction of sp³-hybridized carbons (Fsp3) is 0.324. The highest BCUT2D eigenvalue weighted by atomic mass is 19.4. The Balaban J connectivity index is 1.52. The first-order valence-electron chi connectivity index (χ1n) is 15.6. The molecule has 0 heterocycles. The number of carbonyl (C=O) groups is 2. The maximum absolute atomic E-state index is 14.3. The summed E-state index contributed by atoms with van der Waals surface area (Å²) in [6, 6.07) is 16.6. The lowest BCUT2D eigenvalue weighted by atomic mass is 9.72. The van der Waals surface area contributed by atoms with Crippen molar-refractivity contribution in [3.8, 4) is 11.8 Å². The maximum Gasteiger partial charge on any atom is 0.411 e. The molecule has 0 spiro atoms. The first kappa shape index (κ1) is 40.1. The minimum atomic E-state index is -5.68. The molecule has 3 aromatic carbocycles. The molecule has 3 rings (SSSR count). The number of alkyl halides is 6. The lowest BCUT2D eigenvalue weighted by Gasteiger charge is -2.38. The van der Waals surface area contributed by atoms with Crippen molar-refractivity contribution in [3.05, 3.63) is 113 Å². The molecule has 0 amide bonds. The average molecular weight is 719 g/mol. The number of anilines is 1. The number of hydrogen-bond donors (Lipinski definition) is 0. The topological polar surface area (TPSA) is 98.1 Å². The summed E-state index contributed by atoms with van der Waals surface area (Å²) in [4.78, 5) is 25.2. The van der Waals surface area contributed by atoms with E-state index in [2.05, 4.69) is 6.58 Å². The Morgan fingerprint density at radius 1 is 0.804 bits per heavy atom. The summed E-state index contributed by atoms with van der Waals surface area (Å²) in [7, 11) is 0. The minimum absolute atomic E-state index is 0.00220. The number of halogens is 6. The van der Waals surface area contributed by atoms with Crippen LogP contribution >= 0.6 is 0 Å². The summed E-state index contributed by atoms with van der Waals surface area (Å²) in [6.45, 7) is 7.81. The molecule has 0 radical (unpaired) electrons. The van der Waals surface area contributed by atoms with Gasteiger partial charge in [-0.05, 0) is 60.9 Å². The summed E-state index contributed by atoms with van der Waals surface area (Å²) in [5, 5.41) is 9.36. The first-order valence-corrected chi connectivity index (χ1v) is 15.6. The van der Waals surface area contributed by atoms with Gasteiger partial charge in [0.15, 0.2) is 0 Å². The molecule has 0 saturated carbocycles. The van der Waals surface area contributed by atoms with Crippen molar-refractivity contribution in [2.45, 2.75) is 31.6 Å². The summed E-state index contributed by atoms with van der Waals surface area (Å²) >= 11 is 0. The molecule has 3 aromatic rings. The normalized spacial score (nSPS) is 12.1. The smallest absolute Gasteiger partial charge is 0.411 e. The molecule has 0 aliphatic carbocycles. The van der Waals surface area contributed by atoms with Crippen LogP contribution in [0.4, 0.5) is 32.0 Å². The van der Waals surface area contributed by atoms with Crippen LogP contribution in [-0.4, -0.2) is 70.4 Å². The largest absolute Gasteiger partial charge is 0.491 e. The zero-order chi connectivity index (χ0) is 37.7. The molecule has 0 unspecified atom stereocenters. The molecule has 14 heteroatoms. The second-order valence-electron chi connectivity index (χ2n) is 10.9. The number of rotatable bonds is 17. The van der Waals surface area contributed by atoms with E-state index in [4.69, 9.17) is 18.9 Å². The van der Waals surface area contributed by atoms with E-state index in [1.165, 1.54) is 18.2 Å². The summed E-state index contributed by atoms with van der Waals surface area (Å²) in [5.74, 6) is -1.45. The lowest BCUT2D eigenvalue weighted by Crippen LogP contribution is -2.54. The summed E-state index contributed by atoms with van der Waals surface area (Å²) < 4.78 is 107. The fourth-order valence-corrected chi connectivity index (χ4v) is 5.05. The van der Waals surface area contributed by atoms with Crippen LogP contribution in [0.2, 0.25) is 0 Å². The van der Waals surface area contributed by atoms with Gasteiger partial charge in [0.05, 0.1) is 13.2 Å². The van der Waals surface area contributed by atoms with Crippen molar-refractivity contribution in [1.82, 2.24) is 0 Å². The van der Waals surface area contributed by atoms with Gasteiger partial charge in [0.2, 0.25) is 5.41 Å². The molecule has 0 fully saturated rings. The van der Waals surface area contributed by atoms with Gasteiger partial charge in [-0.15, -0.1) is 0 Å². The number of nitrogens with zero attached hydrogens (tertiary/aromatic N) is 2. The van der Waals surface area contributed by atoms with E-state index < -0.39 is 40.8 Å². The van der Waals surface area contributed by atoms with Crippen LogP contribution in [0.1, 0.15) is 29.2 Å². The Morgan fingerprint density at radius 3 is 1.90 bits per heavy atom. The van der Waals surface area contributed by atoms with Gasteiger partial charge in [0, 0.05) is 24.9 Å². The van der Waals surface area contributed by atoms with Gasteiger partial charge in [0.1, 0.15) is 37.2 Å². The standard InChI is InChI=1S/C37H36F6N2O6/c1-4-33(46)50-22-23-51-34(47)28(25-44)24-27-8-14-31(15-9-27)45(5-2)18-19-48-20-21-49-32-16-12-30(13-17-32)35(36(38,39)40,37(41,42)43)29-10-6-26(3)7-11-29/h4,6-17,24H,1,5,18-23H2,2-3H3/b28-24+. The Kier molecular flexibility index (Phi) is 14.2. The van der Waals surface area contributed by atoms with Gasteiger partial charge in [0.25, 0.3) is 0 Å². The SMILES string of the molecule is C=CC(=O)OCCOC(=O)/C(C#N)=C/c1ccc(N(CC)CCOCCOc2ccc(C(c3ccc(C)cc3)(C(F)(F)F)C(F)(F)F)cc2)cc1. The van der Waals surface area contributed by atoms with Crippen LogP contribution in [0.3, 0.4) is 0 Å². The molecule has 0 aliphatic rings. The van der Waals surface area contributed by atoms with Crippen molar-refractivity contribution in [2.24, 2.45) is 0 Å². The fourth-order valence-electron chi connectivity index (χ4n) is 5.05. The molecule has 0 atom stereocenters. The maximum atomic E-state index is 14.3. The van der Waals surface area contributed by atoms with Crippen LogP contribution in [-0.2, 0) is 29.2 Å². The predicted octanol–water partition coefficient (Wildman–Crippen LogP) is 7.51. The number of carbonyl (C=O) groups excluding carboxylic acids is 2. The monoisotopic (exact) mass is 718 g/mol. The van der Waals surface area contributed by atoms with E-state index in [9.17, 15) is 41.2 Å². The number of ether oxygens (including phenoxy) is 4. The molecule has 0 aliphatic heterocycles. The number of esters is 2. The molecule has 0 saturated heterocycles. The van der Waals surface area contributed by atoms with Crippen molar-refractivity contribution >= 4 is 23.7 Å². The van der Waals surface area contributed by atoms with Crippen molar-refractivity contribution in [1.29, 1.82) is 5.26 Å².